The van der Waals surface area contributed by atoms with Gasteiger partial charge in [-0.3, -0.25) is 0 Å². The van der Waals surface area contributed by atoms with Crippen LogP contribution in [0.15, 0.2) is 12.5 Å². The van der Waals surface area contributed by atoms with Crippen LogP contribution < -0.4 is 21.3 Å². The molecule has 102 valence electrons. The zero-order chi connectivity index (χ0) is 13.7. The van der Waals surface area contributed by atoms with E-state index in [1.165, 1.54) is 11.2 Å². The van der Waals surface area contributed by atoms with E-state index in [0.717, 1.165) is 11.4 Å². The number of nitrogens with one attached hydrogen (secondary N) is 2. The second-order valence-corrected chi connectivity index (χ2v) is 4.88. The highest BCUT2D eigenvalue weighted by Gasteiger charge is 2.11. The third-order valence-electron chi connectivity index (χ3n) is 2.50. The van der Waals surface area contributed by atoms with Crippen LogP contribution in [0.3, 0.4) is 0 Å². The number of methoxy groups -OCH3 is 1. The first kappa shape index (κ1) is 13.5. The van der Waals surface area contributed by atoms with E-state index in [-0.39, 0.29) is 0 Å². The van der Waals surface area contributed by atoms with E-state index in [1.807, 2.05) is 6.20 Å². The summed E-state index contributed by atoms with van der Waals surface area (Å²) in [6.07, 6.45) is 4.31. The molecule has 2 rings (SSSR count). The first-order valence-electron chi connectivity index (χ1n) is 5.81. The maximum Gasteiger partial charge on any atom is 0.205 e. The van der Waals surface area contributed by atoms with Gasteiger partial charge in [0.25, 0.3) is 0 Å². The van der Waals surface area contributed by atoms with Crippen molar-refractivity contribution in [3.8, 4) is 5.75 Å². The van der Waals surface area contributed by atoms with E-state index in [4.69, 9.17) is 10.6 Å². The largest absolute Gasteiger partial charge is 0.490 e. The van der Waals surface area contributed by atoms with Gasteiger partial charge < -0.3 is 15.5 Å². The Morgan fingerprint density at radius 3 is 2.74 bits per heavy atom. The lowest BCUT2D eigenvalue weighted by Gasteiger charge is -2.11. The summed E-state index contributed by atoms with van der Waals surface area (Å²) < 4.78 is 5.24. The van der Waals surface area contributed by atoms with Gasteiger partial charge in [0.15, 0.2) is 11.6 Å². The molecule has 0 amide bonds. The standard InChI is InChI=1S/C11H16N6OS/c1-3-7-4-13-8(19-7)5-14-10-9(18-2)11(17-12)16-6-15-10/h4,6H,3,5,12H2,1-2H3,(H2,14,15,16,17). The molecule has 0 aliphatic carbocycles. The molecule has 0 fully saturated rings. The molecule has 0 aliphatic heterocycles. The number of thiazole rings is 1. The lowest BCUT2D eigenvalue weighted by molar-refractivity contribution is 0.414. The highest BCUT2D eigenvalue weighted by molar-refractivity contribution is 7.11. The fourth-order valence-electron chi connectivity index (χ4n) is 1.55. The molecule has 0 aliphatic rings. The third-order valence-corrected chi connectivity index (χ3v) is 3.64. The summed E-state index contributed by atoms with van der Waals surface area (Å²) in [7, 11) is 1.54. The van der Waals surface area contributed by atoms with E-state index in [0.29, 0.717) is 23.9 Å². The van der Waals surface area contributed by atoms with Crippen molar-refractivity contribution in [3.05, 3.63) is 22.4 Å². The predicted molar refractivity (Wildman–Crippen MR) is 75.2 cm³/mol. The molecule has 8 heteroatoms. The summed E-state index contributed by atoms with van der Waals surface area (Å²) in [4.78, 5) is 13.7. The monoisotopic (exact) mass is 280 g/mol. The van der Waals surface area contributed by atoms with Crippen molar-refractivity contribution >= 4 is 23.0 Å². The molecular weight excluding hydrogens is 264 g/mol. The molecule has 2 heterocycles. The Hall–Kier alpha value is -1.93. The van der Waals surface area contributed by atoms with E-state index in [9.17, 15) is 0 Å². The van der Waals surface area contributed by atoms with Crippen molar-refractivity contribution in [3.63, 3.8) is 0 Å². The third kappa shape index (κ3) is 3.09. The van der Waals surface area contributed by atoms with Crippen LogP contribution in [0.25, 0.3) is 0 Å². The molecule has 0 saturated heterocycles. The number of hydrogen-bond acceptors (Lipinski definition) is 8. The topological polar surface area (TPSA) is 98.0 Å². The van der Waals surface area contributed by atoms with Crippen molar-refractivity contribution in [2.75, 3.05) is 17.9 Å². The highest BCUT2D eigenvalue weighted by atomic mass is 32.1. The van der Waals surface area contributed by atoms with Crippen molar-refractivity contribution in [2.24, 2.45) is 5.84 Å². The molecule has 2 aromatic rings. The van der Waals surface area contributed by atoms with E-state index in [1.54, 1.807) is 18.4 Å². The van der Waals surface area contributed by atoms with Crippen LogP contribution in [0.2, 0.25) is 0 Å². The van der Waals surface area contributed by atoms with Gasteiger partial charge in [0, 0.05) is 11.1 Å². The fourth-order valence-corrected chi connectivity index (χ4v) is 2.35. The average Bonchev–Trinajstić information content (AvgIpc) is 2.92. The van der Waals surface area contributed by atoms with Crippen LogP contribution >= 0.6 is 11.3 Å². The molecule has 0 radical (unpaired) electrons. The molecule has 0 bridgehead atoms. The van der Waals surface area contributed by atoms with Gasteiger partial charge in [-0.25, -0.2) is 20.8 Å². The van der Waals surface area contributed by atoms with Gasteiger partial charge in [-0.15, -0.1) is 11.3 Å². The Kier molecular flexibility index (Phi) is 4.48. The molecule has 2 aromatic heterocycles. The zero-order valence-electron chi connectivity index (χ0n) is 10.8. The quantitative estimate of drug-likeness (QED) is 0.543. The SMILES string of the molecule is CCc1cnc(CNc2ncnc(NN)c2OC)s1. The molecule has 0 saturated carbocycles. The lowest BCUT2D eigenvalue weighted by atomic mass is 10.4. The van der Waals surface area contributed by atoms with Gasteiger partial charge in [0.2, 0.25) is 5.75 Å². The van der Waals surface area contributed by atoms with Crippen molar-refractivity contribution < 1.29 is 4.74 Å². The Balaban J connectivity index is 2.10. The summed E-state index contributed by atoms with van der Waals surface area (Å²) in [6, 6.07) is 0. The second kappa shape index (κ2) is 6.30. The van der Waals surface area contributed by atoms with Crippen LogP contribution in [0.1, 0.15) is 16.8 Å². The number of nitrogen functional groups attached to an aromatic ring is 1. The summed E-state index contributed by atoms with van der Waals surface area (Å²) in [6.45, 7) is 2.69. The van der Waals surface area contributed by atoms with Gasteiger partial charge in [-0.2, -0.15) is 0 Å². The first-order chi connectivity index (χ1) is 9.28. The molecule has 0 aromatic carbocycles. The highest BCUT2D eigenvalue weighted by Crippen LogP contribution is 2.28. The van der Waals surface area contributed by atoms with Gasteiger partial charge >= 0.3 is 0 Å². The lowest BCUT2D eigenvalue weighted by Crippen LogP contribution is -2.12. The molecule has 0 atom stereocenters. The maximum atomic E-state index is 5.37. The van der Waals surface area contributed by atoms with Crippen molar-refractivity contribution in [2.45, 2.75) is 19.9 Å². The number of aryl methyl sites for hydroxylation is 1. The normalized spacial score (nSPS) is 10.3. The number of aromatic nitrogens is 3. The molecular formula is C11H16N6OS. The average molecular weight is 280 g/mol. The summed E-state index contributed by atoms with van der Waals surface area (Å²) >= 11 is 1.68. The number of rotatable bonds is 6. The minimum Gasteiger partial charge on any atom is -0.490 e. The second-order valence-electron chi connectivity index (χ2n) is 3.68. The fraction of sp³-hybridized carbons (Fsp3) is 0.364. The number of anilines is 2. The Morgan fingerprint density at radius 1 is 1.32 bits per heavy atom. The van der Waals surface area contributed by atoms with Crippen LogP contribution in [-0.2, 0) is 13.0 Å². The molecule has 0 spiro atoms. The number of nitrogens with two attached hydrogens (primary N) is 1. The summed E-state index contributed by atoms with van der Waals surface area (Å²) in [5.74, 6) is 6.87. The smallest absolute Gasteiger partial charge is 0.205 e. The van der Waals surface area contributed by atoms with E-state index < -0.39 is 0 Å². The van der Waals surface area contributed by atoms with Gasteiger partial charge in [0.05, 0.1) is 13.7 Å². The predicted octanol–water partition coefficient (Wildman–Crippen LogP) is 1.40. The number of hydrogen-bond donors (Lipinski definition) is 3. The number of hydrazine groups is 1. The minimum absolute atomic E-state index is 0.438. The van der Waals surface area contributed by atoms with Crippen LogP contribution in [0.5, 0.6) is 5.75 Å². The Bertz CT molecular complexity index is 544. The molecule has 0 unspecified atom stereocenters. The van der Waals surface area contributed by atoms with E-state index >= 15 is 0 Å². The van der Waals surface area contributed by atoms with Crippen molar-refractivity contribution in [1.29, 1.82) is 0 Å². The van der Waals surface area contributed by atoms with Gasteiger partial charge in [0.1, 0.15) is 11.3 Å². The van der Waals surface area contributed by atoms with Gasteiger partial charge in [-0.1, -0.05) is 6.92 Å². The number of ether oxygens (including phenoxy) is 1. The maximum absolute atomic E-state index is 5.37. The zero-order valence-corrected chi connectivity index (χ0v) is 11.6. The minimum atomic E-state index is 0.438. The molecule has 7 nitrogen and oxygen atoms in total. The number of nitrogens with zero attached hydrogens (tertiary/aromatic N) is 3. The van der Waals surface area contributed by atoms with E-state index in [2.05, 4.69) is 32.6 Å². The first-order valence-corrected chi connectivity index (χ1v) is 6.63. The van der Waals surface area contributed by atoms with Crippen LogP contribution in [-0.4, -0.2) is 22.1 Å². The van der Waals surface area contributed by atoms with Crippen LogP contribution in [0.4, 0.5) is 11.6 Å². The Morgan fingerprint density at radius 2 is 2.11 bits per heavy atom. The molecule has 4 N–H and O–H groups in total. The van der Waals surface area contributed by atoms with Crippen LogP contribution in [0, 0.1) is 0 Å². The van der Waals surface area contributed by atoms with Crippen molar-refractivity contribution in [1.82, 2.24) is 15.0 Å². The van der Waals surface area contributed by atoms with Gasteiger partial charge in [-0.05, 0) is 6.42 Å². The summed E-state index contributed by atoms with van der Waals surface area (Å²) in [5.41, 5.74) is 2.47. The Labute approximate surface area is 115 Å². The molecule has 19 heavy (non-hydrogen) atoms. The summed E-state index contributed by atoms with van der Waals surface area (Å²) in [5, 5.41) is 4.17.